The van der Waals surface area contributed by atoms with E-state index < -0.39 is 4.92 Å². The lowest BCUT2D eigenvalue weighted by molar-refractivity contribution is -0.384. The van der Waals surface area contributed by atoms with Crippen LogP contribution in [0.25, 0.3) is 11.8 Å². The quantitative estimate of drug-likeness (QED) is 0.236. The molecule has 8 heteroatoms. The zero-order valence-electron chi connectivity index (χ0n) is 20.1. The average Bonchev–Trinajstić information content (AvgIpc) is 3.15. The molecule has 4 rings (SSSR count). The number of amides is 1. The predicted molar refractivity (Wildman–Crippen MR) is 135 cm³/mol. The Bertz CT molecular complexity index is 1340. The van der Waals surface area contributed by atoms with Crippen LogP contribution in [0.3, 0.4) is 0 Å². The van der Waals surface area contributed by atoms with E-state index in [0.717, 1.165) is 28.2 Å². The number of nitrogens with zero attached hydrogens (tertiary/aromatic N) is 5. The molecular formula is C27H27N5O3. The first-order valence-corrected chi connectivity index (χ1v) is 11.5. The molecule has 178 valence electrons. The van der Waals surface area contributed by atoms with Crippen LogP contribution in [-0.2, 0) is 4.79 Å². The lowest BCUT2D eigenvalue weighted by Gasteiger charge is -2.36. The number of para-hydroxylation sites is 1. The van der Waals surface area contributed by atoms with Crippen LogP contribution in [0.2, 0.25) is 0 Å². The van der Waals surface area contributed by atoms with Gasteiger partial charge in [0.2, 0.25) is 0 Å². The van der Waals surface area contributed by atoms with Gasteiger partial charge in [-0.15, -0.1) is 0 Å². The molecule has 1 aliphatic rings. The van der Waals surface area contributed by atoms with E-state index >= 15 is 0 Å². The number of nitriles is 1. The van der Waals surface area contributed by atoms with Gasteiger partial charge in [0.15, 0.2) is 0 Å². The van der Waals surface area contributed by atoms with E-state index in [1.165, 1.54) is 6.07 Å². The van der Waals surface area contributed by atoms with Crippen molar-refractivity contribution in [1.29, 1.82) is 5.26 Å². The highest BCUT2D eigenvalue weighted by molar-refractivity contribution is 6.02. The number of aryl methyl sites for hydroxylation is 2. The number of anilines is 1. The van der Waals surface area contributed by atoms with E-state index in [0.29, 0.717) is 31.9 Å². The normalized spacial score (nSPS) is 14.1. The summed E-state index contributed by atoms with van der Waals surface area (Å²) in [7, 11) is 0. The maximum Gasteiger partial charge on any atom is 0.271 e. The fourth-order valence-electron chi connectivity index (χ4n) is 4.53. The van der Waals surface area contributed by atoms with Gasteiger partial charge in [-0.25, -0.2) is 0 Å². The monoisotopic (exact) mass is 469 g/mol. The van der Waals surface area contributed by atoms with Crippen molar-refractivity contribution in [1.82, 2.24) is 9.47 Å². The van der Waals surface area contributed by atoms with Crippen LogP contribution in [0.1, 0.15) is 22.5 Å². The number of hydrogen-bond donors (Lipinski definition) is 0. The maximum absolute atomic E-state index is 13.2. The van der Waals surface area contributed by atoms with Crippen molar-refractivity contribution >= 4 is 23.4 Å². The smallest absolute Gasteiger partial charge is 0.271 e. The van der Waals surface area contributed by atoms with Crippen LogP contribution in [-0.4, -0.2) is 46.5 Å². The molecule has 0 spiro atoms. The molecule has 0 aliphatic carbocycles. The second-order valence-corrected chi connectivity index (χ2v) is 8.67. The molecule has 1 aromatic heterocycles. The Kier molecular flexibility index (Phi) is 6.69. The van der Waals surface area contributed by atoms with Gasteiger partial charge in [0, 0.05) is 55.4 Å². The number of nitro benzene ring substituents is 1. The van der Waals surface area contributed by atoms with E-state index in [1.807, 2.05) is 49.6 Å². The van der Waals surface area contributed by atoms with E-state index in [4.69, 9.17) is 0 Å². The number of carbonyl (C=O) groups is 1. The molecule has 1 aliphatic heterocycles. The van der Waals surface area contributed by atoms with Crippen LogP contribution < -0.4 is 4.90 Å². The molecule has 1 amide bonds. The number of hydrogen-bond acceptors (Lipinski definition) is 5. The average molecular weight is 470 g/mol. The third-order valence-electron chi connectivity index (χ3n) is 6.45. The molecule has 0 atom stereocenters. The van der Waals surface area contributed by atoms with Gasteiger partial charge < -0.3 is 14.4 Å². The highest BCUT2D eigenvalue weighted by Gasteiger charge is 2.24. The van der Waals surface area contributed by atoms with Crippen LogP contribution in [0.15, 0.2) is 60.2 Å². The van der Waals surface area contributed by atoms with Gasteiger partial charge in [0.1, 0.15) is 11.6 Å². The third-order valence-corrected chi connectivity index (χ3v) is 6.45. The van der Waals surface area contributed by atoms with Crippen molar-refractivity contribution in [2.45, 2.75) is 20.8 Å². The number of carbonyl (C=O) groups excluding carboxylic acids is 1. The summed E-state index contributed by atoms with van der Waals surface area (Å²) in [5.41, 5.74) is 5.21. The number of rotatable bonds is 5. The number of aromatic nitrogens is 1. The molecular weight excluding hydrogens is 442 g/mol. The molecule has 35 heavy (non-hydrogen) atoms. The van der Waals surface area contributed by atoms with Crippen molar-refractivity contribution in [2.24, 2.45) is 0 Å². The molecule has 8 nitrogen and oxygen atoms in total. The van der Waals surface area contributed by atoms with Gasteiger partial charge in [-0.2, -0.15) is 5.26 Å². The first-order chi connectivity index (χ1) is 16.8. The highest BCUT2D eigenvalue weighted by Crippen LogP contribution is 2.28. The van der Waals surface area contributed by atoms with E-state index in [9.17, 15) is 20.2 Å². The minimum atomic E-state index is -0.415. The predicted octanol–water partition coefficient (Wildman–Crippen LogP) is 4.57. The lowest BCUT2D eigenvalue weighted by Crippen LogP contribution is -2.49. The van der Waals surface area contributed by atoms with Crippen molar-refractivity contribution in [3.8, 4) is 11.8 Å². The Morgan fingerprint density at radius 3 is 2.34 bits per heavy atom. The fraction of sp³-hybridized carbons (Fsp3) is 0.259. The van der Waals surface area contributed by atoms with Crippen molar-refractivity contribution in [3.05, 3.63) is 92.8 Å². The summed E-state index contributed by atoms with van der Waals surface area (Å²) in [5.74, 6) is -0.281. The van der Waals surface area contributed by atoms with E-state index in [2.05, 4.69) is 23.1 Å². The SMILES string of the molecule is Cc1ccc([N+](=O)[O-])cc1-n1c(C)cc(C=C(C#N)C(=O)N2CCN(c3ccccc3)CC2)c1C. The van der Waals surface area contributed by atoms with Crippen LogP contribution in [0.4, 0.5) is 11.4 Å². The highest BCUT2D eigenvalue weighted by atomic mass is 16.6. The summed E-state index contributed by atoms with van der Waals surface area (Å²) in [4.78, 5) is 28.0. The summed E-state index contributed by atoms with van der Waals surface area (Å²) in [5, 5.41) is 21.1. The number of non-ortho nitro benzene ring substituents is 1. The van der Waals surface area contributed by atoms with Crippen molar-refractivity contribution in [2.75, 3.05) is 31.1 Å². The molecule has 0 N–H and O–H groups in total. The Balaban J connectivity index is 1.58. The Morgan fingerprint density at radius 2 is 1.71 bits per heavy atom. The first-order valence-electron chi connectivity index (χ1n) is 11.5. The number of benzene rings is 2. The summed E-state index contributed by atoms with van der Waals surface area (Å²) in [6.07, 6.45) is 1.62. The summed E-state index contributed by atoms with van der Waals surface area (Å²) in [6.45, 7) is 8.17. The number of nitro groups is 1. The lowest BCUT2D eigenvalue weighted by atomic mass is 10.1. The molecule has 0 bridgehead atoms. The summed E-state index contributed by atoms with van der Waals surface area (Å²) >= 11 is 0. The minimum Gasteiger partial charge on any atom is -0.368 e. The van der Waals surface area contributed by atoms with Gasteiger partial charge in [-0.3, -0.25) is 14.9 Å². The topological polar surface area (TPSA) is 95.4 Å². The maximum atomic E-state index is 13.2. The molecule has 0 saturated carbocycles. The molecule has 2 aromatic carbocycles. The molecule has 1 fully saturated rings. The summed E-state index contributed by atoms with van der Waals surface area (Å²) < 4.78 is 1.92. The second kappa shape index (κ2) is 9.85. The van der Waals surface area contributed by atoms with E-state index in [-0.39, 0.29) is 17.2 Å². The van der Waals surface area contributed by atoms with Gasteiger partial charge in [0.25, 0.3) is 11.6 Å². The molecule has 0 unspecified atom stereocenters. The van der Waals surface area contributed by atoms with E-state index in [1.54, 1.807) is 23.1 Å². The Labute approximate surface area is 204 Å². The third kappa shape index (κ3) is 4.80. The molecule has 1 saturated heterocycles. The van der Waals surface area contributed by atoms with Gasteiger partial charge in [0.05, 0.1) is 10.6 Å². The van der Waals surface area contributed by atoms with Crippen molar-refractivity contribution in [3.63, 3.8) is 0 Å². The van der Waals surface area contributed by atoms with Crippen molar-refractivity contribution < 1.29 is 9.72 Å². The molecule has 3 aromatic rings. The molecule has 0 radical (unpaired) electrons. The first kappa shape index (κ1) is 23.8. The Morgan fingerprint density at radius 1 is 1.03 bits per heavy atom. The fourth-order valence-corrected chi connectivity index (χ4v) is 4.53. The van der Waals surface area contributed by atoms with Gasteiger partial charge >= 0.3 is 0 Å². The minimum absolute atomic E-state index is 0.0118. The second-order valence-electron chi connectivity index (χ2n) is 8.67. The Hall–Kier alpha value is -4.38. The van der Waals surface area contributed by atoms with Gasteiger partial charge in [-0.05, 0) is 56.2 Å². The molecule has 2 heterocycles. The standard InChI is InChI=1S/C27H27N5O3/c1-19-9-10-25(32(34)35)17-26(19)31-20(2)15-22(21(31)3)16-23(18-28)27(33)30-13-11-29(12-14-30)24-7-5-4-6-8-24/h4-10,15-17H,11-14H2,1-3H3. The zero-order chi connectivity index (χ0) is 25.1. The van der Waals surface area contributed by atoms with Gasteiger partial charge in [-0.1, -0.05) is 24.3 Å². The summed E-state index contributed by atoms with van der Waals surface area (Å²) in [6, 6.07) is 18.8. The van der Waals surface area contributed by atoms with Crippen LogP contribution in [0.5, 0.6) is 0 Å². The van der Waals surface area contributed by atoms with Crippen LogP contribution in [0, 0.1) is 42.2 Å². The largest absolute Gasteiger partial charge is 0.368 e. The number of piperazine rings is 1. The zero-order valence-corrected chi connectivity index (χ0v) is 20.1. The van der Waals surface area contributed by atoms with Crippen LogP contribution >= 0.6 is 0 Å².